The highest BCUT2D eigenvalue weighted by molar-refractivity contribution is 5.38. The molecule has 3 nitrogen and oxygen atoms in total. The molecule has 0 spiro atoms. The van der Waals surface area contributed by atoms with Crippen molar-refractivity contribution in [3.05, 3.63) is 35.4 Å². The summed E-state index contributed by atoms with van der Waals surface area (Å²) in [6.45, 7) is 0. The third-order valence-electron chi connectivity index (χ3n) is 6.10. The van der Waals surface area contributed by atoms with Gasteiger partial charge in [-0.05, 0) is 24.0 Å². The van der Waals surface area contributed by atoms with E-state index in [9.17, 15) is 0 Å². The molecule has 8 atom stereocenters. The summed E-state index contributed by atoms with van der Waals surface area (Å²) in [5.74, 6) is 2.43. The molecule has 1 aromatic carbocycles. The number of rotatable bonds is 0. The average Bonchev–Trinajstić information content (AvgIpc) is 2.94. The maximum Gasteiger partial charge on any atom is 0.164 e. The van der Waals surface area contributed by atoms with Gasteiger partial charge in [0.05, 0.1) is 12.2 Å². The summed E-state index contributed by atoms with van der Waals surface area (Å²) in [6, 6.07) is 8.69. The molecule has 2 aliphatic carbocycles. The number of hydrogen-bond acceptors (Lipinski definition) is 3. The summed E-state index contributed by atoms with van der Waals surface area (Å²) in [6.07, 6.45) is 2.95. The zero-order chi connectivity index (χ0) is 12.1. The molecular formula is C16H16O3. The molecule has 1 saturated carbocycles. The summed E-state index contributed by atoms with van der Waals surface area (Å²) in [7, 11) is 0. The second kappa shape index (κ2) is 3.05. The van der Waals surface area contributed by atoms with E-state index in [0.29, 0.717) is 23.7 Å². The fourth-order valence-electron chi connectivity index (χ4n) is 5.49. The summed E-state index contributed by atoms with van der Waals surface area (Å²) in [5, 5.41) is 0. The van der Waals surface area contributed by atoms with Crippen LogP contribution in [0.15, 0.2) is 24.3 Å². The van der Waals surface area contributed by atoms with Gasteiger partial charge in [-0.3, -0.25) is 0 Å². The minimum Gasteiger partial charge on any atom is -0.344 e. The van der Waals surface area contributed by atoms with Gasteiger partial charge in [0.25, 0.3) is 0 Å². The summed E-state index contributed by atoms with van der Waals surface area (Å²) >= 11 is 0. The summed E-state index contributed by atoms with van der Waals surface area (Å²) < 4.78 is 18.7. The highest BCUT2D eigenvalue weighted by Crippen LogP contribution is 2.67. The molecule has 1 aromatic rings. The van der Waals surface area contributed by atoms with Gasteiger partial charge < -0.3 is 14.2 Å². The molecule has 4 aliphatic heterocycles. The summed E-state index contributed by atoms with van der Waals surface area (Å²) in [4.78, 5) is 0. The molecule has 0 unspecified atom stereocenters. The molecule has 3 heteroatoms. The molecule has 4 saturated heterocycles. The standard InChI is InChI=1S/C16H16O3/c1-2-4-8-7(3-1)13-11-9-5-6-10-12(11)14(8)18-16(10)19-15(9)17-13/h1-4,9-16H,5-6H2/t9-,10+,11-,12-,13+,14-,15-,16+/m1/s1. The van der Waals surface area contributed by atoms with Crippen LogP contribution in [0.1, 0.15) is 36.2 Å². The van der Waals surface area contributed by atoms with Gasteiger partial charge in [0.15, 0.2) is 12.6 Å². The van der Waals surface area contributed by atoms with Crippen LogP contribution in [0.2, 0.25) is 0 Å². The number of ether oxygens (including phenoxy) is 3. The molecule has 6 bridgehead atoms. The van der Waals surface area contributed by atoms with Crippen LogP contribution < -0.4 is 0 Å². The van der Waals surface area contributed by atoms with E-state index < -0.39 is 0 Å². The smallest absolute Gasteiger partial charge is 0.164 e. The lowest BCUT2D eigenvalue weighted by molar-refractivity contribution is -0.244. The van der Waals surface area contributed by atoms with E-state index in [1.165, 1.54) is 24.0 Å². The monoisotopic (exact) mass is 256 g/mol. The van der Waals surface area contributed by atoms with E-state index in [2.05, 4.69) is 24.3 Å². The first-order valence-corrected chi connectivity index (χ1v) is 7.47. The molecule has 4 heterocycles. The van der Waals surface area contributed by atoms with Crippen LogP contribution in [0.4, 0.5) is 0 Å². The molecule has 6 aliphatic rings. The van der Waals surface area contributed by atoms with Crippen LogP contribution in [0.5, 0.6) is 0 Å². The predicted molar refractivity (Wildman–Crippen MR) is 65.9 cm³/mol. The van der Waals surface area contributed by atoms with Crippen molar-refractivity contribution in [3.63, 3.8) is 0 Å². The topological polar surface area (TPSA) is 27.7 Å². The van der Waals surface area contributed by atoms with Gasteiger partial charge in [-0.25, -0.2) is 0 Å². The van der Waals surface area contributed by atoms with Crippen molar-refractivity contribution in [3.8, 4) is 0 Å². The van der Waals surface area contributed by atoms with E-state index in [1.807, 2.05) is 0 Å². The number of hydrogen-bond donors (Lipinski definition) is 0. The van der Waals surface area contributed by atoms with Crippen molar-refractivity contribution in [2.45, 2.75) is 37.6 Å². The van der Waals surface area contributed by atoms with Crippen molar-refractivity contribution >= 4 is 0 Å². The van der Waals surface area contributed by atoms with E-state index >= 15 is 0 Å². The minimum atomic E-state index is -0.0258. The lowest BCUT2D eigenvalue weighted by Gasteiger charge is -2.42. The Morgan fingerprint density at radius 1 is 0.737 bits per heavy atom. The Hall–Kier alpha value is -0.900. The average molecular weight is 256 g/mol. The first kappa shape index (κ1) is 9.92. The molecule has 0 N–H and O–H groups in total. The van der Waals surface area contributed by atoms with Gasteiger partial charge in [0.1, 0.15) is 0 Å². The van der Waals surface area contributed by atoms with Crippen LogP contribution in [0, 0.1) is 23.7 Å². The number of fused-ring (bicyclic) bond motifs is 4. The second-order valence-electron chi connectivity index (χ2n) is 6.67. The third-order valence-corrected chi connectivity index (χ3v) is 6.10. The SMILES string of the molecule is c1ccc2c(c1)[C@H]1O[C@H]3O[C@H]4O[C@@H]2[C@@H]2[C@H]4CC[C@H]3[C@H]21. The van der Waals surface area contributed by atoms with Gasteiger partial charge in [0, 0.05) is 23.7 Å². The summed E-state index contributed by atoms with van der Waals surface area (Å²) in [5.41, 5.74) is 2.71. The normalized spacial score (nSPS) is 55.4. The molecule has 0 aromatic heterocycles. The molecule has 0 radical (unpaired) electrons. The Balaban J connectivity index is 1.67. The van der Waals surface area contributed by atoms with Crippen LogP contribution in [-0.4, -0.2) is 12.6 Å². The largest absolute Gasteiger partial charge is 0.344 e. The molecule has 98 valence electrons. The van der Waals surface area contributed by atoms with E-state index in [1.54, 1.807) is 0 Å². The third kappa shape index (κ3) is 0.979. The van der Waals surface area contributed by atoms with E-state index in [4.69, 9.17) is 14.2 Å². The van der Waals surface area contributed by atoms with Crippen LogP contribution >= 0.6 is 0 Å². The van der Waals surface area contributed by atoms with Crippen molar-refractivity contribution < 1.29 is 14.2 Å². The lowest BCUT2D eigenvalue weighted by Crippen LogP contribution is -2.38. The highest BCUT2D eigenvalue weighted by Gasteiger charge is 2.66. The second-order valence-corrected chi connectivity index (χ2v) is 6.67. The molecule has 7 rings (SSSR count). The Labute approximate surface area is 111 Å². The van der Waals surface area contributed by atoms with Gasteiger partial charge in [-0.15, -0.1) is 0 Å². The fourth-order valence-corrected chi connectivity index (χ4v) is 5.49. The van der Waals surface area contributed by atoms with Crippen molar-refractivity contribution in [1.29, 1.82) is 0 Å². The van der Waals surface area contributed by atoms with Gasteiger partial charge in [-0.1, -0.05) is 24.3 Å². The van der Waals surface area contributed by atoms with Crippen LogP contribution in [0.3, 0.4) is 0 Å². The highest BCUT2D eigenvalue weighted by atomic mass is 16.8. The van der Waals surface area contributed by atoms with Crippen LogP contribution in [0.25, 0.3) is 0 Å². The lowest BCUT2D eigenvalue weighted by atomic mass is 9.60. The first-order valence-electron chi connectivity index (χ1n) is 7.47. The first-order chi connectivity index (χ1) is 9.42. The predicted octanol–water partition coefficient (Wildman–Crippen LogP) is 2.78. The van der Waals surface area contributed by atoms with Gasteiger partial charge in [-0.2, -0.15) is 0 Å². The fraction of sp³-hybridized carbons (Fsp3) is 0.625. The van der Waals surface area contributed by atoms with E-state index in [-0.39, 0.29) is 24.8 Å². The molecule has 19 heavy (non-hydrogen) atoms. The van der Waals surface area contributed by atoms with Gasteiger partial charge in [0.2, 0.25) is 0 Å². The zero-order valence-electron chi connectivity index (χ0n) is 10.6. The Morgan fingerprint density at radius 3 is 1.79 bits per heavy atom. The van der Waals surface area contributed by atoms with Crippen molar-refractivity contribution in [2.75, 3.05) is 0 Å². The van der Waals surface area contributed by atoms with E-state index in [0.717, 1.165) is 0 Å². The maximum absolute atomic E-state index is 6.29. The Kier molecular flexibility index (Phi) is 1.59. The van der Waals surface area contributed by atoms with Crippen LogP contribution in [-0.2, 0) is 14.2 Å². The maximum atomic E-state index is 6.29. The van der Waals surface area contributed by atoms with Crippen molar-refractivity contribution in [2.24, 2.45) is 23.7 Å². The zero-order valence-corrected chi connectivity index (χ0v) is 10.6. The minimum absolute atomic E-state index is 0.0258. The Morgan fingerprint density at radius 2 is 1.26 bits per heavy atom. The quantitative estimate of drug-likeness (QED) is 0.714. The molecule has 0 amide bonds. The van der Waals surface area contributed by atoms with Crippen molar-refractivity contribution in [1.82, 2.24) is 0 Å². The molecular weight excluding hydrogens is 240 g/mol. The Bertz CT molecular complexity index is 522. The number of benzene rings is 1. The van der Waals surface area contributed by atoms with Gasteiger partial charge >= 0.3 is 0 Å². The molecule has 5 fully saturated rings.